The van der Waals surface area contributed by atoms with Gasteiger partial charge in [-0.15, -0.1) is 0 Å². The summed E-state index contributed by atoms with van der Waals surface area (Å²) in [5, 5.41) is 8.85. The average Bonchev–Trinajstić information content (AvgIpc) is 2.47. The summed E-state index contributed by atoms with van der Waals surface area (Å²) in [6, 6.07) is 9.77. The van der Waals surface area contributed by atoms with Gasteiger partial charge in [0.1, 0.15) is 4.60 Å². The van der Waals surface area contributed by atoms with Gasteiger partial charge in [-0.05, 0) is 45.8 Å². The lowest BCUT2D eigenvalue weighted by molar-refractivity contribution is 0.0695. The highest BCUT2D eigenvalue weighted by atomic mass is 79.9. The first-order valence-corrected chi connectivity index (χ1v) is 6.96. The van der Waals surface area contributed by atoms with Gasteiger partial charge in [-0.2, -0.15) is 0 Å². The van der Waals surface area contributed by atoms with Crippen LogP contribution in [0, 0.1) is 0 Å². The number of rotatable bonds is 4. The number of aromatic carboxylic acids is 1. The van der Waals surface area contributed by atoms with Crippen LogP contribution in [0.15, 0.2) is 47.2 Å². The van der Waals surface area contributed by atoms with E-state index in [0.29, 0.717) is 16.7 Å². The van der Waals surface area contributed by atoms with E-state index >= 15 is 0 Å². The molecular formula is C15H13BrN2O3. The van der Waals surface area contributed by atoms with Crippen LogP contribution in [-0.4, -0.2) is 33.9 Å². The van der Waals surface area contributed by atoms with Crippen LogP contribution in [0.25, 0.3) is 0 Å². The molecule has 1 heterocycles. The van der Waals surface area contributed by atoms with Crippen LogP contribution in [0.1, 0.15) is 26.3 Å². The Labute approximate surface area is 130 Å². The van der Waals surface area contributed by atoms with Gasteiger partial charge >= 0.3 is 5.97 Å². The average molecular weight is 349 g/mol. The number of hydrogen-bond donors (Lipinski definition) is 1. The van der Waals surface area contributed by atoms with Gasteiger partial charge in [-0.25, -0.2) is 9.78 Å². The topological polar surface area (TPSA) is 70.5 Å². The number of nitrogens with zero attached hydrogens (tertiary/aromatic N) is 2. The van der Waals surface area contributed by atoms with E-state index in [-0.39, 0.29) is 11.5 Å². The number of carbonyl (C=O) groups is 2. The molecule has 0 unspecified atom stereocenters. The van der Waals surface area contributed by atoms with Crippen molar-refractivity contribution in [2.45, 2.75) is 6.54 Å². The molecule has 1 amide bonds. The van der Waals surface area contributed by atoms with Crippen LogP contribution in [-0.2, 0) is 6.54 Å². The summed E-state index contributed by atoms with van der Waals surface area (Å²) in [7, 11) is 1.70. The Morgan fingerprint density at radius 3 is 2.43 bits per heavy atom. The molecular weight excluding hydrogens is 336 g/mol. The van der Waals surface area contributed by atoms with Crippen LogP contribution in [0.3, 0.4) is 0 Å². The minimum absolute atomic E-state index is 0.125. The van der Waals surface area contributed by atoms with Gasteiger partial charge in [-0.1, -0.05) is 12.1 Å². The summed E-state index contributed by atoms with van der Waals surface area (Å²) < 4.78 is 0.604. The summed E-state index contributed by atoms with van der Waals surface area (Å²) >= 11 is 3.23. The third-order valence-corrected chi connectivity index (χ3v) is 3.37. The van der Waals surface area contributed by atoms with Crippen molar-refractivity contribution in [1.29, 1.82) is 0 Å². The maximum atomic E-state index is 12.3. The van der Waals surface area contributed by atoms with Gasteiger partial charge in [0.05, 0.1) is 5.56 Å². The van der Waals surface area contributed by atoms with E-state index in [1.165, 1.54) is 12.1 Å². The third kappa shape index (κ3) is 3.88. The van der Waals surface area contributed by atoms with Crippen molar-refractivity contribution >= 4 is 27.8 Å². The number of aromatic nitrogens is 1. The number of carboxylic acid groups (broad SMARTS) is 1. The van der Waals surface area contributed by atoms with Gasteiger partial charge in [0.25, 0.3) is 5.91 Å². The van der Waals surface area contributed by atoms with E-state index in [1.807, 2.05) is 0 Å². The van der Waals surface area contributed by atoms with Crippen LogP contribution < -0.4 is 0 Å². The van der Waals surface area contributed by atoms with Crippen molar-refractivity contribution in [2.75, 3.05) is 7.05 Å². The molecule has 0 aliphatic carbocycles. The zero-order valence-electron chi connectivity index (χ0n) is 11.3. The van der Waals surface area contributed by atoms with Gasteiger partial charge in [0, 0.05) is 25.4 Å². The molecule has 0 fully saturated rings. The fourth-order valence-corrected chi connectivity index (χ4v) is 2.22. The molecule has 1 aromatic carbocycles. The van der Waals surface area contributed by atoms with E-state index in [2.05, 4.69) is 20.9 Å². The zero-order valence-corrected chi connectivity index (χ0v) is 12.9. The number of halogens is 1. The summed E-state index contributed by atoms with van der Waals surface area (Å²) in [6.45, 7) is 0.401. The molecule has 0 aliphatic rings. The van der Waals surface area contributed by atoms with Gasteiger partial charge < -0.3 is 10.0 Å². The predicted octanol–water partition coefficient (Wildman–Crippen LogP) is 2.81. The molecule has 0 aliphatic heterocycles. The molecule has 0 atom stereocenters. The Morgan fingerprint density at radius 2 is 1.86 bits per heavy atom. The number of amides is 1. The Balaban J connectivity index is 2.08. The number of pyridine rings is 1. The van der Waals surface area contributed by atoms with E-state index < -0.39 is 5.97 Å². The van der Waals surface area contributed by atoms with Crippen molar-refractivity contribution in [2.24, 2.45) is 0 Å². The zero-order chi connectivity index (χ0) is 15.4. The van der Waals surface area contributed by atoms with Crippen molar-refractivity contribution in [3.63, 3.8) is 0 Å². The molecule has 0 radical (unpaired) electrons. The highest BCUT2D eigenvalue weighted by Gasteiger charge is 2.13. The molecule has 1 N–H and O–H groups in total. The van der Waals surface area contributed by atoms with Crippen molar-refractivity contribution in [1.82, 2.24) is 9.88 Å². The maximum absolute atomic E-state index is 12.3. The molecule has 1 aromatic heterocycles. The highest BCUT2D eigenvalue weighted by molar-refractivity contribution is 9.10. The number of hydrogen-bond acceptors (Lipinski definition) is 3. The lowest BCUT2D eigenvalue weighted by atomic mass is 10.1. The molecule has 0 saturated carbocycles. The van der Waals surface area contributed by atoms with Crippen LogP contribution in [0.5, 0.6) is 0 Å². The van der Waals surface area contributed by atoms with Gasteiger partial charge in [0.15, 0.2) is 0 Å². The molecule has 0 spiro atoms. The SMILES string of the molecule is CN(Cc1ccc(C(=O)O)cc1)C(=O)c1ccnc(Br)c1. The largest absolute Gasteiger partial charge is 0.478 e. The summed E-state index contributed by atoms with van der Waals surface area (Å²) in [5.74, 6) is -1.09. The van der Waals surface area contributed by atoms with Gasteiger partial charge in [-0.3, -0.25) is 4.79 Å². The first-order valence-electron chi connectivity index (χ1n) is 6.16. The number of carboxylic acids is 1. The standard InChI is InChI=1S/C15H13BrN2O3/c1-18(14(19)12-6-7-17-13(16)8-12)9-10-2-4-11(5-3-10)15(20)21/h2-8H,9H2,1H3,(H,20,21). The second kappa shape index (κ2) is 6.49. The van der Waals surface area contributed by atoms with E-state index in [4.69, 9.17) is 5.11 Å². The lowest BCUT2D eigenvalue weighted by Crippen LogP contribution is -2.26. The van der Waals surface area contributed by atoms with Crippen molar-refractivity contribution in [3.05, 3.63) is 63.9 Å². The fourth-order valence-electron chi connectivity index (χ4n) is 1.85. The molecule has 21 heavy (non-hydrogen) atoms. The van der Waals surface area contributed by atoms with Gasteiger partial charge in [0.2, 0.25) is 0 Å². The second-order valence-electron chi connectivity index (χ2n) is 4.53. The molecule has 6 heteroatoms. The van der Waals surface area contributed by atoms with E-state index in [1.54, 1.807) is 42.4 Å². The summed E-state index contributed by atoms with van der Waals surface area (Å²) in [6.07, 6.45) is 1.56. The van der Waals surface area contributed by atoms with Crippen LogP contribution in [0.2, 0.25) is 0 Å². The normalized spacial score (nSPS) is 10.2. The number of carbonyl (C=O) groups excluding carboxylic acids is 1. The highest BCUT2D eigenvalue weighted by Crippen LogP contribution is 2.12. The Kier molecular flexibility index (Phi) is 4.70. The van der Waals surface area contributed by atoms with Crippen LogP contribution >= 0.6 is 15.9 Å². The molecule has 2 rings (SSSR count). The Morgan fingerprint density at radius 1 is 1.19 bits per heavy atom. The lowest BCUT2D eigenvalue weighted by Gasteiger charge is -2.17. The fraction of sp³-hybridized carbons (Fsp3) is 0.133. The minimum Gasteiger partial charge on any atom is -0.478 e. The first-order chi connectivity index (χ1) is 9.97. The van der Waals surface area contributed by atoms with Crippen molar-refractivity contribution in [3.8, 4) is 0 Å². The molecule has 2 aromatic rings. The Hall–Kier alpha value is -2.21. The van der Waals surface area contributed by atoms with Crippen molar-refractivity contribution < 1.29 is 14.7 Å². The molecule has 5 nitrogen and oxygen atoms in total. The predicted molar refractivity (Wildman–Crippen MR) is 81.1 cm³/mol. The maximum Gasteiger partial charge on any atom is 0.335 e. The summed E-state index contributed by atoms with van der Waals surface area (Å²) in [5.41, 5.74) is 1.64. The van der Waals surface area contributed by atoms with Crippen LogP contribution in [0.4, 0.5) is 0 Å². The molecule has 108 valence electrons. The van der Waals surface area contributed by atoms with E-state index in [9.17, 15) is 9.59 Å². The third-order valence-electron chi connectivity index (χ3n) is 2.94. The Bertz CT molecular complexity index is 671. The molecule has 0 bridgehead atoms. The monoisotopic (exact) mass is 348 g/mol. The first kappa shape index (κ1) is 15.2. The molecule has 0 saturated heterocycles. The second-order valence-corrected chi connectivity index (χ2v) is 5.34. The summed E-state index contributed by atoms with van der Waals surface area (Å²) in [4.78, 5) is 28.6. The minimum atomic E-state index is -0.965. The number of benzene rings is 1. The quantitative estimate of drug-likeness (QED) is 0.862. The smallest absolute Gasteiger partial charge is 0.335 e. The van der Waals surface area contributed by atoms with E-state index in [0.717, 1.165) is 5.56 Å².